The second-order valence-electron chi connectivity index (χ2n) is 6.28. The van der Waals surface area contributed by atoms with Crippen LogP contribution in [0, 0.1) is 5.92 Å². The summed E-state index contributed by atoms with van der Waals surface area (Å²) in [7, 11) is 2.11. The molecule has 0 saturated carbocycles. The monoisotopic (exact) mass is 283 g/mol. The van der Waals surface area contributed by atoms with Crippen molar-refractivity contribution < 1.29 is 9.59 Å². The third kappa shape index (κ3) is 4.47. The molecule has 1 unspecified atom stereocenters. The van der Waals surface area contributed by atoms with E-state index in [1.807, 2.05) is 13.8 Å². The molecule has 0 radical (unpaired) electrons. The van der Waals surface area contributed by atoms with Gasteiger partial charge in [-0.15, -0.1) is 0 Å². The number of amides is 2. The molecule has 1 saturated heterocycles. The largest absolute Gasteiger partial charge is 0.345 e. The lowest BCUT2D eigenvalue weighted by Gasteiger charge is -2.37. The van der Waals surface area contributed by atoms with Gasteiger partial charge < -0.3 is 15.1 Å². The van der Waals surface area contributed by atoms with Gasteiger partial charge in [0.05, 0.1) is 6.54 Å². The molecule has 2 amide bonds. The first kappa shape index (κ1) is 17.0. The Morgan fingerprint density at radius 1 is 1.25 bits per heavy atom. The Morgan fingerprint density at radius 2 is 1.90 bits per heavy atom. The number of hydrogen-bond donors (Lipinski definition) is 1. The van der Waals surface area contributed by atoms with E-state index in [1.54, 1.807) is 4.90 Å². The van der Waals surface area contributed by atoms with Gasteiger partial charge >= 0.3 is 0 Å². The van der Waals surface area contributed by atoms with Gasteiger partial charge in [0.2, 0.25) is 11.8 Å². The fourth-order valence-corrected chi connectivity index (χ4v) is 2.49. The van der Waals surface area contributed by atoms with E-state index in [2.05, 4.69) is 31.1 Å². The van der Waals surface area contributed by atoms with E-state index in [0.29, 0.717) is 12.6 Å². The highest BCUT2D eigenvalue weighted by Crippen LogP contribution is 2.15. The van der Waals surface area contributed by atoms with E-state index in [9.17, 15) is 9.59 Å². The van der Waals surface area contributed by atoms with Gasteiger partial charge in [0.1, 0.15) is 6.04 Å². The summed E-state index contributed by atoms with van der Waals surface area (Å²) in [5, 5.41) is 2.68. The predicted molar refractivity (Wildman–Crippen MR) is 80.3 cm³/mol. The van der Waals surface area contributed by atoms with Crippen molar-refractivity contribution in [3.63, 3.8) is 0 Å². The van der Waals surface area contributed by atoms with Gasteiger partial charge in [-0.25, -0.2) is 0 Å². The first-order valence-corrected chi connectivity index (χ1v) is 7.62. The zero-order valence-corrected chi connectivity index (χ0v) is 13.5. The average molecular weight is 283 g/mol. The van der Waals surface area contributed by atoms with Crippen LogP contribution in [-0.2, 0) is 9.59 Å². The summed E-state index contributed by atoms with van der Waals surface area (Å²) in [5.74, 6) is 0.178. The average Bonchev–Trinajstić information content (AvgIpc) is 2.37. The van der Waals surface area contributed by atoms with Gasteiger partial charge in [0.25, 0.3) is 0 Å². The molecule has 0 aromatic carbocycles. The Hall–Kier alpha value is -1.10. The van der Waals surface area contributed by atoms with Crippen LogP contribution in [0.25, 0.3) is 0 Å². The molecule has 1 aliphatic heterocycles. The quantitative estimate of drug-likeness (QED) is 0.712. The van der Waals surface area contributed by atoms with Gasteiger partial charge in [-0.3, -0.25) is 9.59 Å². The van der Waals surface area contributed by atoms with E-state index < -0.39 is 0 Å². The van der Waals surface area contributed by atoms with Crippen molar-refractivity contribution in [3.8, 4) is 0 Å². The Labute approximate surface area is 122 Å². The molecule has 1 heterocycles. The van der Waals surface area contributed by atoms with Crippen LogP contribution in [-0.4, -0.2) is 60.4 Å². The lowest BCUT2D eigenvalue weighted by atomic mass is 9.99. The third-order valence-electron chi connectivity index (χ3n) is 4.01. The first-order chi connectivity index (χ1) is 9.34. The molecule has 1 N–H and O–H groups in total. The van der Waals surface area contributed by atoms with E-state index >= 15 is 0 Å². The Morgan fingerprint density at radius 3 is 2.45 bits per heavy atom. The minimum absolute atomic E-state index is 0.0149. The maximum absolute atomic E-state index is 12.0. The molecule has 116 valence electrons. The lowest BCUT2D eigenvalue weighted by Crippen LogP contribution is -2.60. The molecule has 1 fully saturated rings. The van der Waals surface area contributed by atoms with Crippen molar-refractivity contribution in [1.29, 1.82) is 0 Å². The minimum atomic E-state index is -0.306. The molecule has 1 aliphatic rings. The number of nitrogens with zero attached hydrogens (tertiary/aromatic N) is 2. The first-order valence-electron chi connectivity index (χ1n) is 7.62. The molecular formula is C15H29N3O2. The number of carbonyl (C=O) groups is 2. The maximum Gasteiger partial charge on any atom is 0.243 e. The molecule has 0 aromatic rings. The Bertz CT molecular complexity index is 342. The van der Waals surface area contributed by atoms with E-state index in [1.165, 1.54) is 0 Å². The van der Waals surface area contributed by atoms with Crippen molar-refractivity contribution in [2.24, 2.45) is 5.92 Å². The maximum atomic E-state index is 12.0. The Balaban J connectivity index is 2.46. The van der Waals surface area contributed by atoms with Crippen LogP contribution in [0.5, 0.6) is 0 Å². The van der Waals surface area contributed by atoms with Crippen molar-refractivity contribution >= 4 is 11.8 Å². The van der Waals surface area contributed by atoms with Crippen molar-refractivity contribution in [1.82, 2.24) is 15.1 Å². The normalized spacial score (nSPS) is 20.2. The molecule has 0 aliphatic carbocycles. The summed E-state index contributed by atoms with van der Waals surface area (Å²) >= 11 is 0. The zero-order valence-electron chi connectivity index (χ0n) is 13.5. The highest BCUT2D eigenvalue weighted by Gasteiger charge is 2.35. The van der Waals surface area contributed by atoms with Crippen LogP contribution < -0.4 is 5.32 Å². The molecule has 1 atom stereocenters. The summed E-state index contributed by atoms with van der Waals surface area (Å²) in [6.45, 7) is 10.2. The summed E-state index contributed by atoms with van der Waals surface area (Å²) in [6.07, 6.45) is 1.99. The SMILES string of the molecule is CC(C)C1C(=O)NCC(=O)N1CCCCN(C)C(C)C. The van der Waals surface area contributed by atoms with Gasteiger partial charge in [0, 0.05) is 12.6 Å². The van der Waals surface area contributed by atoms with Gasteiger partial charge in [-0.05, 0) is 46.2 Å². The highest BCUT2D eigenvalue weighted by molar-refractivity contribution is 5.94. The zero-order chi connectivity index (χ0) is 15.3. The van der Waals surface area contributed by atoms with Crippen LogP contribution in [0.3, 0.4) is 0 Å². The van der Waals surface area contributed by atoms with E-state index in [-0.39, 0.29) is 30.3 Å². The molecular weight excluding hydrogens is 254 g/mol. The van der Waals surface area contributed by atoms with Crippen LogP contribution in [0.2, 0.25) is 0 Å². The fourth-order valence-electron chi connectivity index (χ4n) is 2.49. The van der Waals surface area contributed by atoms with Crippen molar-refractivity contribution in [2.45, 2.75) is 52.6 Å². The Kier molecular flexibility index (Phi) is 6.46. The number of rotatable bonds is 7. The van der Waals surface area contributed by atoms with Crippen molar-refractivity contribution in [2.75, 3.05) is 26.7 Å². The third-order valence-corrected chi connectivity index (χ3v) is 4.01. The molecule has 5 heteroatoms. The number of nitrogens with one attached hydrogen (secondary N) is 1. The fraction of sp³-hybridized carbons (Fsp3) is 0.867. The molecule has 0 spiro atoms. The second-order valence-corrected chi connectivity index (χ2v) is 6.28. The van der Waals surface area contributed by atoms with Gasteiger partial charge in [-0.2, -0.15) is 0 Å². The van der Waals surface area contributed by atoms with Crippen LogP contribution in [0.4, 0.5) is 0 Å². The van der Waals surface area contributed by atoms with E-state index in [0.717, 1.165) is 19.4 Å². The van der Waals surface area contributed by atoms with Gasteiger partial charge in [0.15, 0.2) is 0 Å². The topological polar surface area (TPSA) is 52.7 Å². The number of hydrogen-bond acceptors (Lipinski definition) is 3. The predicted octanol–water partition coefficient (Wildman–Crippen LogP) is 1.09. The summed E-state index contributed by atoms with van der Waals surface area (Å²) in [5.41, 5.74) is 0. The number of carbonyl (C=O) groups excluding carboxylic acids is 2. The summed E-state index contributed by atoms with van der Waals surface area (Å²) in [6, 6.07) is 0.236. The highest BCUT2D eigenvalue weighted by atomic mass is 16.2. The number of piperazine rings is 1. The van der Waals surface area contributed by atoms with Crippen LogP contribution in [0.15, 0.2) is 0 Å². The van der Waals surface area contributed by atoms with Crippen LogP contribution >= 0.6 is 0 Å². The smallest absolute Gasteiger partial charge is 0.243 e. The second kappa shape index (κ2) is 7.62. The standard InChI is InChI=1S/C15H29N3O2/c1-11(2)14-15(20)16-10-13(19)18(14)9-7-6-8-17(5)12(3)4/h11-12,14H,6-10H2,1-5H3,(H,16,20). The molecule has 1 rings (SSSR count). The lowest BCUT2D eigenvalue weighted by molar-refractivity contribution is -0.147. The summed E-state index contributed by atoms with van der Waals surface area (Å²) < 4.78 is 0. The van der Waals surface area contributed by atoms with Crippen molar-refractivity contribution in [3.05, 3.63) is 0 Å². The molecule has 0 bridgehead atoms. The van der Waals surface area contributed by atoms with E-state index in [4.69, 9.17) is 0 Å². The molecule has 0 aromatic heterocycles. The van der Waals surface area contributed by atoms with Crippen LogP contribution in [0.1, 0.15) is 40.5 Å². The molecule has 20 heavy (non-hydrogen) atoms. The number of unbranched alkanes of at least 4 members (excludes halogenated alkanes) is 1. The molecule has 5 nitrogen and oxygen atoms in total. The summed E-state index contributed by atoms with van der Waals surface area (Å²) in [4.78, 5) is 28.0. The minimum Gasteiger partial charge on any atom is -0.345 e. The van der Waals surface area contributed by atoms with Gasteiger partial charge in [-0.1, -0.05) is 13.8 Å².